The van der Waals surface area contributed by atoms with E-state index in [0.717, 1.165) is 25.2 Å². The van der Waals surface area contributed by atoms with Crippen molar-refractivity contribution in [2.75, 3.05) is 33.3 Å². The minimum absolute atomic E-state index is 0.551. The van der Waals surface area contributed by atoms with Crippen molar-refractivity contribution < 1.29 is 4.74 Å². The normalized spacial score (nSPS) is 26.0. The van der Waals surface area contributed by atoms with Crippen LogP contribution in [0.25, 0.3) is 0 Å². The van der Waals surface area contributed by atoms with Crippen molar-refractivity contribution >= 4 is 5.96 Å². The molecule has 3 aliphatic rings. The SMILES string of the molecule is CN=C(NCCCCCOC1CCCCC1)NC1CCN(C2CCCC2)C1. The molecule has 0 aromatic rings. The summed E-state index contributed by atoms with van der Waals surface area (Å²) in [6.45, 7) is 4.38. The highest BCUT2D eigenvalue weighted by Crippen LogP contribution is 2.26. The van der Waals surface area contributed by atoms with E-state index in [0.29, 0.717) is 12.1 Å². The van der Waals surface area contributed by atoms with Crippen LogP contribution in [0, 0.1) is 0 Å². The minimum atomic E-state index is 0.551. The summed E-state index contributed by atoms with van der Waals surface area (Å²) in [5.41, 5.74) is 0. The Hall–Kier alpha value is -0.810. The van der Waals surface area contributed by atoms with Gasteiger partial charge in [-0.3, -0.25) is 9.89 Å². The van der Waals surface area contributed by atoms with Gasteiger partial charge in [0.05, 0.1) is 6.10 Å². The molecule has 2 N–H and O–H groups in total. The summed E-state index contributed by atoms with van der Waals surface area (Å²) in [6.07, 6.45) is 17.8. The third-order valence-corrected chi connectivity index (χ3v) is 6.64. The number of guanidine groups is 1. The number of nitrogens with zero attached hydrogens (tertiary/aromatic N) is 2. The largest absolute Gasteiger partial charge is 0.378 e. The van der Waals surface area contributed by atoms with Crippen molar-refractivity contribution in [2.24, 2.45) is 4.99 Å². The molecule has 0 spiro atoms. The van der Waals surface area contributed by atoms with E-state index in [1.165, 1.54) is 96.6 Å². The van der Waals surface area contributed by atoms with Gasteiger partial charge in [-0.1, -0.05) is 32.1 Å². The van der Waals surface area contributed by atoms with E-state index in [1.54, 1.807) is 0 Å². The zero-order valence-electron chi connectivity index (χ0n) is 17.6. The van der Waals surface area contributed by atoms with E-state index in [2.05, 4.69) is 20.5 Å². The van der Waals surface area contributed by atoms with Gasteiger partial charge in [-0.05, 0) is 51.4 Å². The molecular weight excluding hydrogens is 336 g/mol. The number of hydrogen-bond donors (Lipinski definition) is 2. The Kier molecular flexibility index (Phi) is 9.22. The molecule has 1 aliphatic heterocycles. The average molecular weight is 379 g/mol. The Morgan fingerprint density at radius 3 is 2.52 bits per heavy atom. The van der Waals surface area contributed by atoms with Gasteiger partial charge in [0.1, 0.15) is 0 Å². The molecule has 3 rings (SSSR count). The van der Waals surface area contributed by atoms with Crippen LogP contribution in [0.4, 0.5) is 0 Å². The van der Waals surface area contributed by atoms with Gasteiger partial charge in [0.25, 0.3) is 0 Å². The molecule has 2 aliphatic carbocycles. The van der Waals surface area contributed by atoms with E-state index < -0.39 is 0 Å². The molecule has 3 fully saturated rings. The summed E-state index contributed by atoms with van der Waals surface area (Å²) >= 11 is 0. The maximum atomic E-state index is 6.01. The van der Waals surface area contributed by atoms with Crippen LogP contribution in [-0.4, -0.2) is 62.3 Å². The number of likely N-dealkylation sites (tertiary alicyclic amines) is 1. The molecule has 156 valence electrons. The minimum Gasteiger partial charge on any atom is -0.378 e. The highest BCUT2D eigenvalue weighted by atomic mass is 16.5. The van der Waals surface area contributed by atoms with Crippen LogP contribution in [0.2, 0.25) is 0 Å². The van der Waals surface area contributed by atoms with Gasteiger partial charge in [-0.2, -0.15) is 0 Å². The smallest absolute Gasteiger partial charge is 0.191 e. The molecule has 0 amide bonds. The average Bonchev–Trinajstić information content (AvgIpc) is 3.39. The summed E-state index contributed by atoms with van der Waals surface area (Å²) in [5, 5.41) is 7.14. The van der Waals surface area contributed by atoms with Crippen molar-refractivity contribution in [2.45, 2.75) is 102 Å². The van der Waals surface area contributed by atoms with Gasteiger partial charge in [0, 0.05) is 45.4 Å². The maximum Gasteiger partial charge on any atom is 0.191 e. The summed E-state index contributed by atoms with van der Waals surface area (Å²) in [6, 6.07) is 1.41. The lowest BCUT2D eigenvalue weighted by Gasteiger charge is -2.24. The van der Waals surface area contributed by atoms with Gasteiger partial charge < -0.3 is 15.4 Å². The monoisotopic (exact) mass is 378 g/mol. The molecule has 0 aromatic heterocycles. The second-order valence-electron chi connectivity index (χ2n) is 8.75. The Bertz CT molecular complexity index is 430. The topological polar surface area (TPSA) is 48.9 Å². The van der Waals surface area contributed by atoms with Crippen LogP contribution < -0.4 is 10.6 Å². The first kappa shape index (κ1) is 20.9. The second kappa shape index (κ2) is 11.9. The fraction of sp³-hybridized carbons (Fsp3) is 0.955. The van der Waals surface area contributed by atoms with Crippen LogP contribution in [0.1, 0.15) is 83.5 Å². The molecule has 0 bridgehead atoms. The van der Waals surface area contributed by atoms with Crippen molar-refractivity contribution in [1.82, 2.24) is 15.5 Å². The van der Waals surface area contributed by atoms with Gasteiger partial charge in [0.2, 0.25) is 0 Å². The van der Waals surface area contributed by atoms with E-state index in [9.17, 15) is 0 Å². The number of unbranched alkanes of at least 4 members (excludes halogenated alkanes) is 2. The molecule has 27 heavy (non-hydrogen) atoms. The molecule has 1 atom stereocenters. The van der Waals surface area contributed by atoms with E-state index in [1.807, 2.05) is 7.05 Å². The number of aliphatic imine (C=N–C) groups is 1. The summed E-state index contributed by atoms with van der Waals surface area (Å²) < 4.78 is 6.01. The summed E-state index contributed by atoms with van der Waals surface area (Å²) in [7, 11) is 1.89. The zero-order chi connectivity index (χ0) is 18.7. The molecule has 1 heterocycles. The highest BCUT2D eigenvalue weighted by Gasteiger charge is 2.30. The Morgan fingerprint density at radius 1 is 0.963 bits per heavy atom. The van der Waals surface area contributed by atoms with Crippen LogP contribution >= 0.6 is 0 Å². The third kappa shape index (κ3) is 7.26. The van der Waals surface area contributed by atoms with Crippen LogP contribution in [-0.2, 0) is 4.74 Å². The molecule has 1 saturated heterocycles. The van der Waals surface area contributed by atoms with Gasteiger partial charge in [0.15, 0.2) is 5.96 Å². The van der Waals surface area contributed by atoms with E-state index in [4.69, 9.17) is 4.74 Å². The Morgan fingerprint density at radius 2 is 1.74 bits per heavy atom. The predicted molar refractivity (Wildman–Crippen MR) is 113 cm³/mol. The van der Waals surface area contributed by atoms with E-state index >= 15 is 0 Å². The Labute approximate surface area is 166 Å². The molecule has 5 heteroatoms. The lowest BCUT2D eigenvalue weighted by Crippen LogP contribution is -2.45. The van der Waals surface area contributed by atoms with Crippen molar-refractivity contribution in [3.05, 3.63) is 0 Å². The maximum absolute atomic E-state index is 6.01. The number of ether oxygens (including phenoxy) is 1. The summed E-state index contributed by atoms with van der Waals surface area (Å²) in [4.78, 5) is 7.12. The van der Waals surface area contributed by atoms with Crippen LogP contribution in [0.15, 0.2) is 4.99 Å². The van der Waals surface area contributed by atoms with Gasteiger partial charge in [-0.25, -0.2) is 0 Å². The molecule has 1 unspecified atom stereocenters. The molecule has 0 aromatic carbocycles. The first-order valence-electron chi connectivity index (χ1n) is 11.7. The lowest BCUT2D eigenvalue weighted by molar-refractivity contribution is 0.0264. The second-order valence-corrected chi connectivity index (χ2v) is 8.75. The standard InChI is InChI=1S/C22H42N4O/c1-23-22(25-19-14-16-26(18-19)20-10-6-7-11-20)24-15-8-3-9-17-27-21-12-4-2-5-13-21/h19-21H,2-18H2,1H3,(H2,23,24,25). The number of nitrogens with one attached hydrogen (secondary N) is 2. The first-order valence-corrected chi connectivity index (χ1v) is 11.7. The van der Waals surface area contributed by atoms with Crippen LogP contribution in [0.3, 0.4) is 0 Å². The lowest BCUT2D eigenvalue weighted by atomic mass is 9.98. The third-order valence-electron chi connectivity index (χ3n) is 6.64. The number of rotatable bonds is 9. The molecule has 0 radical (unpaired) electrons. The fourth-order valence-corrected chi connectivity index (χ4v) is 4.99. The predicted octanol–water partition coefficient (Wildman–Crippen LogP) is 3.69. The zero-order valence-corrected chi connectivity index (χ0v) is 17.6. The van der Waals surface area contributed by atoms with Crippen molar-refractivity contribution in [1.29, 1.82) is 0 Å². The molecule has 5 nitrogen and oxygen atoms in total. The number of hydrogen-bond acceptors (Lipinski definition) is 3. The summed E-state index contributed by atoms with van der Waals surface area (Å²) in [5.74, 6) is 0.978. The van der Waals surface area contributed by atoms with Gasteiger partial charge in [-0.15, -0.1) is 0 Å². The molecule has 2 saturated carbocycles. The van der Waals surface area contributed by atoms with Crippen molar-refractivity contribution in [3.63, 3.8) is 0 Å². The van der Waals surface area contributed by atoms with Crippen molar-refractivity contribution in [3.8, 4) is 0 Å². The fourth-order valence-electron chi connectivity index (χ4n) is 4.99. The van der Waals surface area contributed by atoms with Gasteiger partial charge >= 0.3 is 0 Å². The Balaban J connectivity index is 1.20. The van der Waals surface area contributed by atoms with E-state index in [-0.39, 0.29) is 0 Å². The highest BCUT2D eigenvalue weighted by molar-refractivity contribution is 5.79. The van der Waals surface area contributed by atoms with Crippen LogP contribution in [0.5, 0.6) is 0 Å². The quantitative estimate of drug-likeness (QED) is 0.365. The molecular formula is C22H42N4O. The first-order chi connectivity index (χ1) is 13.3.